The first-order valence-corrected chi connectivity index (χ1v) is 10.6. The number of fused-ring (bicyclic) bond motifs is 3. The molecule has 0 saturated heterocycles. The molecule has 5 rings (SSSR count). The van der Waals surface area contributed by atoms with Crippen LogP contribution in [-0.2, 0) is 4.79 Å². The van der Waals surface area contributed by atoms with Crippen molar-refractivity contribution in [1.29, 1.82) is 0 Å². The molecule has 0 aliphatic rings. The minimum atomic E-state index is -0.179. The number of aromatic nitrogens is 3. The van der Waals surface area contributed by atoms with E-state index in [1.807, 2.05) is 65.2 Å². The summed E-state index contributed by atoms with van der Waals surface area (Å²) in [7, 11) is 1.58. The molecule has 1 N–H and O–H groups in total. The fourth-order valence-corrected chi connectivity index (χ4v) is 4.15. The van der Waals surface area contributed by atoms with Crippen LogP contribution in [0.25, 0.3) is 27.6 Å². The second-order valence-electron chi connectivity index (χ2n) is 6.80. The second-order valence-corrected chi connectivity index (χ2v) is 7.75. The van der Waals surface area contributed by atoms with E-state index in [-0.39, 0.29) is 11.7 Å². The zero-order valence-electron chi connectivity index (χ0n) is 16.6. The average Bonchev–Trinajstić information content (AvgIpc) is 3.42. The van der Waals surface area contributed by atoms with Crippen LogP contribution in [0.4, 0.5) is 5.69 Å². The summed E-state index contributed by atoms with van der Waals surface area (Å²) in [5, 5.41) is 13.6. The molecule has 154 valence electrons. The summed E-state index contributed by atoms with van der Waals surface area (Å²) in [5.74, 6) is 0.568. The Balaban J connectivity index is 1.35. The van der Waals surface area contributed by atoms with Crippen molar-refractivity contribution in [3.63, 3.8) is 0 Å². The fourth-order valence-electron chi connectivity index (χ4n) is 3.42. The summed E-state index contributed by atoms with van der Waals surface area (Å²) in [6.45, 7) is 0. The molecule has 0 atom stereocenters. The molecule has 7 nitrogen and oxygen atoms in total. The van der Waals surface area contributed by atoms with Crippen LogP contribution in [-0.4, -0.2) is 33.5 Å². The maximum Gasteiger partial charge on any atom is 0.234 e. The van der Waals surface area contributed by atoms with Crippen molar-refractivity contribution in [2.24, 2.45) is 0 Å². The molecule has 5 aromatic rings. The van der Waals surface area contributed by atoms with Crippen molar-refractivity contribution >= 4 is 45.3 Å². The number of ether oxygens (including phenoxy) is 1. The molecule has 2 aromatic heterocycles. The van der Waals surface area contributed by atoms with Crippen LogP contribution < -0.4 is 10.1 Å². The Bertz CT molecular complexity index is 1380. The second kappa shape index (κ2) is 8.16. The van der Waals surface area contributed by atoms with Crippen LogP contribution >= 0.6 is 11.8 Å². The lowest BCUT2D eigenvalue weighted by Crippen LogP contribution is -2.15. The number of furan rings is 1. The summed E-state index contributed by atoms with van der Waals surface area (Å²) in [6.07, 6.45) is 1.63. The Labute approximate surface area is 182 Å². The van der Waals surface area contributed by atoms with Crippen molar-refractivity contribution in [3.8, 4) is 11.4 Å². The highest BCUT2D eigenvalue weighted by atomic mass is 32.2. The number of hydrogen-bond donors (Lipinski definition) is 1. The average molecular weight is 430 g/mol. The Hall–Kier alpha value is -3.78. The van der Waals surface area contributed by atoms with Gasteiger partial charge in [0.05, 0.1) is 18.6 Å². The van der Waals surface area contributed by atoms with E-state index in [0.717, 1.165) is 22.0 Å². The lowest BCUT2D eigenvalue weighted by atomic mass is 10.1. The zero-order chi connectivity index (χ0) is 21.2. The number of carbonyl (C=O) groups is 1. The van der Waals surface area contributed by atoms with Crippen LogP contribution in [0, 0.1) is 0 Å². The number of amides is 1. The summed E-state index contributed by atoms with van der Waals surface area (Å²) in [6, 6.07) is 21.2. The van der Waals surface area contributed by atoms with E-state index >= 15 is 0 Å². The number of carbonyl (C=O) groups excluding carboxylic acids is 1. The highest BCUT2D eigenvalue weighted by Gasteiger charge is 2.15. The molecule has 8 heteroatoms. The Morgan fingerprint density at radius 1 is 1.06 bits per heavy atom. The van der Waals surface area contributed by atoms with Gasteiger partial charge in [0.1, 0.15) is 23.2 Å². The molecule has 0 radical (unpaired) electrons. The maximum atomic E-state index is 12.7. The molecule has 0 fully saturated rings. The van der Waals surface area contributed by atoms with Gasteiger partial charge < -0.3 is 14.5 Å². The van der Waals surface area contributed by atoms with E-state index in [2.05, 4.69) is 15.5 Å². The van der Waals surface area contributed by atoms with Crippen LogP contribution in [0.15, 0.2) is 82.6 Å². The lowest BCUT2D eigenvalue weighted by molar-refractivity contribution is -0.113. The molecule has 0 aliphatic heterocycles. The molecule has 31 heavy (non-hydrogen) atoms. The molecule has 0 spiro atoms. The molecule has 0 unspecified atom stereocenters. The Kier molecular flexibility index (Phi) is 5.05. The SMILES string of the molecule is COc1cc2c(cc1NC(=O)CSc1nncn1-c1ccccc1)oc1ccccc12. The molecular formula is C23H18N4O3S. The number of nitrogens with zero attached hydrogens (tertiary/aromatic N) is 3. The monoisotopic (exact) mass is 430 g/mol. The number of rotatable bonds is 6. The Morgan fingerprint density at radius 3 is 2.71 bits per heavy atom. The summed E-state index contributed by atoms with van der Waals surface area (Å²) in [5.41, 5.74) is 2.98. The van der Waals surface area contributed by atoms with E-state index < -0.39 is 0 Å². The van der Waals surface area contributed by atoms with Gasteiger partial charge in [0.2, 0.25) is 5.91 Å². The number of nitrogens with one attached hydrogen (secondary N) is 1. The van der Waals surface area contributed by atoms with Gasteiger partial charge in [-0.15, -0.1) is 10.2 Å². The first kappa shape index (κ1) is 19.2. The zero-order valence-corrected chi connectivity index (χ0v) is 17.4. The summed E-state index contributed by atoms with van der Waals surface area (Å²) in [4.78, 5) is 12.7. The summed E-state index contributed by atoms with van der Waals surface area (Å²) >= 11 is 1.31. The van der Waals surface area contributed by atoms with Crippen molar-refractivity contribution in [2.75, 3.05) is 18.2 Å². The molecule has 0 aliphatic carbocycles. The molecule has 1 amide bonds. The third-order valence-electron chi connectivity index (χ3n) is 4.86. The van der Waals surface area contributed by atoms with Crippen LogP contribution in [0.2, 0.25) is 0 Å². The number of thioether (sulfide) groups is 1. The van der Waals surface area contributed by atoms with Gasteiger partial charge in [-0.1, -0.05) is 48.2 Å². The van der Waals surface area contributed by atoms with E-state index in [1.165, 1.54) is 11.8 Å². The number of hydrogen-bond acceptors (Lipinski definition) is 6. The van der Waals surface area contributed by atoms with E-state index in [1.54, 1.807) is 19.5 Å². The van der Waals surface area contributed by atoms with Gasteiger partial charge in [-0.2, -0.15) is 0 Å². The third kappa shape index (κ3) is 3.73. The fraction of sp³-hybridized carbons (Fsp3) is 0.0870. The number of para-hydroxylation sites is 2. The molecule has 2 heterocycles. The number of anilines is 1. The van der Waals surface area contributed by atoms with Gasteiger partial charge in [0.15, 0.2) is 5.16 Å². The van der Waals surface area contributed by atoms with Crippen molar-refractivity contribution < 1.29 is 13.9 Å². The highest BCUT2D eigenvalue weighted by Crippen LogP contribution is 2.36. The van der Waals surface area contributed by atoms with Crippen LogP contribution in [0.5, 0.6) is 5.75 Å². The van der Waals surface area contributed by atoms with Crippen molar-refractivity contribution in [2.45, 2.75) is 5.16 Å². The predicted octanol–water partition coefficient (Wildman–Crippen LogP) is 4.91. The van der Waals surface area contributed by atoms with Crippen molar-refractivity contribution in [1.82, 2.24) is 14.8 Å². The topological polar surface area (TPSA) is 82.2 Å². The molecular weight excluding hydrogens is 412 g/mol. The maximum absolute atomic E-state index is 12.7. The number of methoxy groups -OCH3 is 1. The van der Waals surface area contributed by atoms with Gasteiger partial charge in [-0.25, -0.2) is 0 Å². The van der Waals surface area contributed by atoms with E-state index in [9.17, 15) is 4.79 Å². The van der Waals surface area contributed by atoms with Crippen LogP contribution in [0.3, 0.4) is 0 Å². The lowest BCUT2D eigenvalue weighted by Gasteiger charge is -2.10. The molecule has 0 saturated carbocycles. The van der Waals surface area contributed by atoms with Gasteiger partial charge in [0, 0.05) is 22.5 Å². The smallest absolute Gasteiger partial charge is 0.234 e. The Morgan fingerprint density at radius 2 is 1.87 bits per heavy atom. The van der Waals surface area contributed by atoms with Gasteiger partial charge in [0.25, 0.3) is 0 Å². The largest absolute Gasteiger partial charge is 0.495 e. The number of benzene rings is 3. The predicted molar refractivity (Wildman–Crippen MR) is 121 cm³/mol. The summed E-state index contributed by atoms with van der Waals surface area (Å²) < 4.78 is 13.3. The first-order chi connectivity index (χ1) is 15.2. The minimum absolute atomic E-state index is 0.173. The first-order valence-electron chi connectivity index (χ1n) is 9.60. The van der Waals surface area contributed by atoms with Gasteiger partial charge in [-0.05, 0) is 24.3 Å². The van der Waals surface area contributed by atoms with E-state index in [4.69, 9.17) is 9.15 Å². The minimum Gasteiger partial charge on any atom is -0.495 e. The van der Waals surface area contributed by atoms with Crippen molar-refractivity contribution in [3.05, 3.63) is 73.1 Å². The molecule has 0 bridgehead atoms. The highest BCUT2D eigenvalue weighted by molar-refractivity contribution is 7.99. The normalized spacial score (nSPS) is 11.1. The van der Waals surface area contributed by atoms with Crippen LogP contribution in [0.1, 0.15) is 0 Å². The quantitative estimate of drug-likeness (QED) is 0.386. The van der Waals surface area contributed by atoms with E-state index in [0.29, 0.717) is 22.2 Å². The molecule has 3 aromatic carbocycles. The van der Waals surface area contributed by atoms with Gasteiger partial charge >= 0.3 is 0 Å². The van der Waals surface area contributed by atoms with Gasteiger partial charge in [-0.3, -0.25) is 9.36 Å². The third-order valence-corrected chi connectivity index (χ3v) is 5.80. The standard InChI is InChI=1S/C23H18N4O3S/c1-29-21-11-17-16-9-5-6-10-19(16)30-20(17)12-18(21)25-22(28)13-31-23-26-24-14-27(23)15-7-3-2-4-8-15/h2-12,14H,13H2,1H3,(H,25,28).